The van der Waals surface area contributed by atoms with Crippen molar-refractivity contribution in [3.63, 3.8) is 0 Å². The predicted molar refractivity (Wildman–Crippen MR) is 54.2 cm³/mol. The van der Waals surface area contributed by atoms with Gasteiger partial charge in [0.05, 0.1) is 7.11 Å². The Bertz CT molecular complexity index is 348. The van der Waals surface area contributed by atoms with Crippen molar-refractivity contribution in [2.75, 3.05) is 12.4 Å². The maximum atomic E-state index is 11.5. The van der Waals surface area contributed by atoms with Crippen LogP contribution in [0.15, 0.2) is 24.3 Å². The van der Waals surface area contributed by atoms with Gasteiger partial charge < -0.3 is 10.1 Å². The Morgan fingerprint density at radius 2 is 2.21 bits per heavy atom. The Morgan fingerprint density at radius 1 is 1.50 bits per heavy atom. The van der Waals surface area contributed by atoms with Gasteiger partial charge in [0.15, 0.2) is 0 Å². The monoisotopic (exact) mass is 191 g/mol. The van der Waals surface area contributed by atoms with E-state index in [0.717, 1.165) is 5.69 Å². The number of methoxy groups -OCH3 is 1. The van der Waals surface area contributed by atoms with Crippen LogP contribution in [0.4, 0.5) is 5.69 Å². The Labute approximate surface area is 83.1 Å². The minimum Gasteiger partial charge on any atom is -0.467 e. The Morgan fingerprint density at radius 3 is 2.86 bits per heavy atom. The second kappa shape index (κ2) is 3.01. The van der Waals surface area contributed by atoms with E-state index in [1.807, 2.05) is 31.2 Å². The summed E-state index contributed by atoms with van der Waals surface area (Å²) in [6.45, 7) is 1.86. The number of benzene rings is 1. The molecule has 0 radical (unpaired) electrons. The van der Waals surface area contributed by atoms with Crippen LogP contribution in [0, 0.1) is 0 Å². The van der Waals surface area contributed by atoms with E-state index in [9.17, 15) is 4.79 Å². The Kier molecular flexibility index (Phi) is 1.95. The van der Waals surface area contributed by atoms with Gasteiger partial charge in [0.1, 0.15) is 5.54 Å². The first-order valence-electron chi connectivity index (χ1n) is 4.60. The quantitative estimate of drug-likeness (QED) is 0.685. The number of ether oxygens (including phenoxy) is 1. The van der Waals surface area contributed by atoms with Crippen LogP contribution in [-0.2, 0) is 16.0 Å². The summed E-state index contributed by atoms with van der Waals surface area (Å²) in [5, 5.41) is 3.19. The molecule has 1 heterocycles. The fourth-order valence-electron chi connectivity index (χ4n) is 1.87. The number of rotatable bonds is 1. The van der Waals surface area contributed by atoms with Crippen LogP contribution in [0.25, 0.3) is 0 Å². The van der Waals surface area contributed by atoms with E-state index in [4.69, 9.17) is 4.74 Å². The Hall–Kier alpha value is -1.51. The predicted octanol–water partition coefficient (Wildman–Crippen LogP) is 1.59. The van der Waals surface area contributed by atoms with E-state index >= 15 is 0 Å². The van der Waals surface area contributed by atoms with Crippen molar-refractivity contribution >= 4 is 11.7 Å². The standard InChI is InChI=1S/C11H13NO2/c1-11(10(13)14-2)7-8-5-3-4-6-9(8)12-11/h3-6,12H,7H2,1-2H3/t11-/m0/s1. The van der Waals surface area contributed by atoms with Gasteiger partial charge in [-0.2, -0.15) is 0 Å². The number of anilines is 1. The van der Waals surface area contributed by atoms with Crippen molar-refractivity contribution < 1.29 is 9.53 Å². The highest BCUT2D eigenvalue weighted by molar-refractivity contribution is 5.87. The highest BCUT2D eigenvalue weighted by Crippen LogP contribution is 2.32. The van der Waals surface area contributed by atoms with Gasteiger partial charge in [-0.1, -0.05) is 18.2 Å². The number of hydrogen-bond donors (Lipinski definition) is 1. The van der Waals surface area contributed by atoms with E-state index in [0.29, 0.717) is 6.42 Å². The number of carbonyl (C=O) groups is 1. The number of hydrogen-bond acceptors (Lipinski definition) is 3. The first-order chi connectivity index (χ1) is 6.65. The van der Waals surface area contributed by atoms with Gasteiger partial charge in [-0.3, -0.25) is 0 Å². The summed E-state index contributed by atoms with van der Waals surface area (Å²) in [5.74, 6) is -0.214. The molecule has 1 atom stereocenters. The summed E-state index contributed by atoms with van der Waals surface area (Å²) in [7, 11) is 1.41. The molecule has 1 aromatic carbocycles. The summed E-state index contributed by atoms with van der Waals surface area (Å²) < 4.78 is 4.77. The third-order valence-electron chi connectivity index (χ3n) is 2.61. The molecular formula is C11H13NO2. The molecule has 1 aliphatic rings. The molecule has 3 nitrogen and oxygen atoms in total. The third-order valence-corrected chi connectivity index (χ3v) is 2.61. The van der Waals surface area contributed by atoms with Gasteiger partial charge >= 0.3 is 5.97 Å². The van der Waals surface area contributed by atoms with Gasteiger partial charge in [0.2, 0.25) is 0 Å². The average Bonchev–Trinajstić information content (AvgIpc) is 2.54. The van der Waals surface area contributed by atoms with Crippen molar-refractivity contribution in [1.82, 2.24) is 0 Å². The number of esters is 1. The van der Waals surface area contributed by atoms with E-state index < -0.39 is 5.54 Å². The van der Waals surface area contributed by atoms with Crippen LogP contribution in [-0.4, -0.2) is 18.6 Å². The SMILES string of the molecule is COC(=O)[C@]1(C)Cc2ccccc2N1. The highest BCUT2D eigenvalue weighted by atomic mass is 16.5. The normalized spacial score (nSPS) is 23.9. The summed E-state index contributed by atoms with van der Waals surface area (Å²) in [4.78, 5) is 11.5. The number of nitrogens with one attached hydrogen (secondary N) is 1. The van der Waals surface area contributed by atoms with Crippen molar-refractivity contribution in [2.45, 2.75) is 18.9 Å². The lowest BCUT2D eigenvalue weighted by atomic mass is 9.98. The van der Waals surface area contributed by atoms with Gasteiger partial charge in [-0.25, -0.2) is 4.79 Å². The van der Waals surface area contributed by atoms with Crippen molar-refractivity contribution in [3.05, 3.63) is 29.8 Å². The van der Waals surface area contributed by atoms with Crippen LogP contribution < -0.4 is 5.32 Å². The lowest BCUT2D eigenvalue weighted by Crippen LogP contribution is -2.42. The summed E-state index contributed by atoms with van der Waals surface area (Å²) in [5.41, 5.74) is 1.60. The third kappa shape index (κ3) is 1.25. The minimum atomic E-state index is -0.599. The van der Waals surface area contributed by atoms with Crippen LogP contribution >= 0.6 is 0 Å². The fraction of sp³-hybridized carbons (Fsp3) is 0.364. The maximum Gasteiger partial charge on any atom is 0.331 e. The largest absolute Gasteiger partial charge is 0.467 e. The van der Waals surface area contributed by atoms with E-state index in [-0.39, 0.29) is 5.97 Å². The first-order valence-corrected chi connectivity index (χ1v) is 4.60. The van der Waals surface area contributed by atoms with Crippen molar-refractivity contribution in [2.24, 2.45) is 0 Å². The van der Waals surface area contributed by atoms with Crippen molar-refractivity contribution in [3.8, 4) is 0 Å². The molecular weight excluding hydrogens is 178 g/mol. The van der Waals surface area contributed by atoms with Crippen molar-refractivity contribution in [1.29, 1.82) is 0 Å². The van der Waals surface area contributed by atoms with Crippen LogP contribution in [0.5, 0.6) is 0 Å². The molecule has 0 saturated heterocycles. The smallest absolute Gasteiger partial charge is 0.331 e. The van der Waals surface area contributed by atoms with E-state index in [1.165, 1.54) is 12.7 Å². The number of para-hydroxylation sites is 1. The molecule has 2 rings (SSSR count). The molecule has 0 aromatic heterocycles. The molecule has 0 fully saturated rings. The molecule has 0 spiro atoms. The molecule has 14 heavy (non-hydrogen) atoms. The molecule has 0 aliphatic carbocycles. The van der Waals surface area contributed by atoms with Gasteiger partial charge in [0, 0.05) is 12.1 Å². The second-order valence-electron chi connectivity index (χ2n) is 3.78. The molecule has 1 aromatic rings. The average molecular weight is 191 g/mol. The molecule has 0 bridgehead atoms. The van der Waals surface area contributed by atoms with E-state index in [1.54, 1.807) is 0 Å². The van der Waals surface area contributed by atoms with Gasteiger partial charge in [-0.15, -0.1) is 0 Å². The second-order valence-corrected chi connectivity index (χ2v) is 3.78. The van der Waals surface area contributed by atoms with Crippen LogP contribution in [0.2, 0.25) is 0 Å². The fourth-order valence-corrected chi connectivity index (χ4v) is 1.87. The topological polar surface area (TPSA) is 38.3 Å². The van der Waals surface area contributed by atoms with Crippen LogP contribution in [0.3, 0.4) is 0 Å². The van der Waals surface area contributed by atoms with E-state index in [2.05, 4.69) is 5.32 Å². The molecule has 74 valence electrons. The number of fused-ring (bicyclic) bond motifs is 1. The highest BCUT2D eigenvalue weighted by Gasteiger charge is 2.39. The summed E-state index contributed by atoms with van der Waals surface area (Å²) in [6.07, 6.45) is 0.690. The molecule has 0 saturated carbocycles. The van der Waals surface area contributed by atoms with Gasteiger partial charge in [0.25, 0.3) is 0 Å². The maximum absolute atomic E-state index is 11.5. The Balaban J connectivity index is 2.30. The molecule has 1 N–H and O–H groups in total. The zero-order chi connectivity index (χ0) is 10.2. The lowest BCUT2D eigenvalue weighted by Gasteiger charge is -2.21. The summed E-state index contributed by atoms with van der Waals surface area (Å²) >= 11 is 0. The number of carbonyl (C=O) groups excluding carboxylic acids is 1. The molecule has 0 amide bonds. The van der Waals surface area contributed by atoms with Gasteiger partial charge in [-0.05, 0) is 18.6 Å². The lowest BCUT2D eigenvalue weighted by molar-refractivity contribution is -0.145. The minimum absolute atomic E-state index is 0.214. The summed E-state index contributed by atoms with van der Waals surface area (Å²) in [6, 6.07) is 7.93. The zero-order valence-electron chi connectivity index (χ0n) is 8.33. The molecule has 3 heteroatoms. The molecule has 1 aliphatic heterocycles. The van der Waals surface area contributed by atoms with Crippen LogP contribution in [0.1, 0.15) is 12.5 Å². The molecule has 0 unspecified atom stereocenters. The zero-order valence-corrected chi connectivity index (χ0v) is 8.33. The first kappa shape index (κ1) is 9.06.